The predicted octanol–water partition coefficient (Wildman–Crippen LogP) is 3.37. The summed E-state index contributed by atoms with van der Waals surface area (Å²) < 4.78 is 10.2. The molecule has 26 heavy (non-hydrogen) atoms. The molecule has 6 heteroatoms. The monoisotopic (exact) mass is 347 g/mol. The second-order valence-electron chi connectivity index (χ2n) is 5.56. The number of pyridine rings is 1. The maximum Gasteiger partial charge on any atom is 0.251 e. The van der Waals surface area contributed by atoms with E-state index in [-0.39, 0.29) is 23.9 Å². The third-order valence-electron chi connectivity index (χ3n) is 3.91. The van der Waals surface area contributed by atoms with E-state index in [0.717, 1.165) is 16.5 Å². The van der Waals surface area contributed by atoms with Crippen LogP contribution < -0.4 is 10.1 Å². The van der Waals surface area contributed by atoms with Crippen LogP contribution in [0.5, 0.6) is 5.75 Å². The van der Waals surface area contributed by atoms with Crippen LogP contribution in [0.2, 0.25) is 0 Å². The molecular formula is C20H17N3O3. The summed E-state index contributed by atoms with van der Waals surface area (Å²) in [4.78, 5) is 16.3. The Morgan fingerprint density at radius 3 is 2.62 bits per heavy atom. The Hall–Kier alpha value is -3.43. The summed E-state index contributed by atoms with van der Waals surface area (Å²) in [7, 11) is 2.98. The van der Waals surface area contributed by atoms with Crippen LogP contribution in [0.4, 0.5) is 5.82 Å². The van der Waals surface area contributed by atoms with Crippen LogP contribution in [-0.4, -0.2) is 31.7 Å². The predicted molar refractivity (Wildman–Crippen MR) is 99.0 cm³/mol. The molecule has 0 aliphatic heterocycles. The van der Waals surface area contributed by atoms with Gasteiger partial charge in [0.1, 0.15) is 23.9 Å². The number of aromatic nitrogens is 1. The van der Waals surface area contributed by atoms with Gasteiger partial charge in [0.15, 0.2) is 5.82 Å². The van der Waals surface area contributed by atoms with Gasteiger partial charge in [0, 0.05) is 12.5 Å². The smallest absolute Gasteiger partial charge is 0.251 e. The van der Waals surface area contributed by atoms with Crippen LogP contribution in [0, 0.1) is 11.3 Å². The quantitative estimate of drug-likeness (QED) is 0.765. The van der Waals surface area contributed by atoms with Crippen LogP contribution >= 0.6 is 0 Å². The number of nitrogens with zero attached hydrogens (tertiary/aromatic N) is 2. The largest absolute Gasteiger partial charge is 0.494 e. The molecule has 1 N–H and O–H groups in total. The first-order valence-corrected chi connectivity index (χ1v) is 7.94. The third kappa shape index (κ3) is 3.34. The molecule has 0 aliphatic carbocycles. The number of amides is 1. The van der Waals surface area contributed by atoms with Gasteiger partial charge in [-0.1, -0.05) is 30.3 Å². The van der Waals surface area contributed by atoms with Gasteiger partial charge in [-0.15, -0.1) is 0 Å². The fourth-order valence-electron chi connectivity index (χ4n) is 2.75. The van der Waals surface area contributed by atoms with Gasteiger partial charge < -0.3 is 14.8 Å². The number of fused-ring (bicyclic) bond motifs is 1. The van der Waals surface area contributed by atoms with Gasteiger partial charge in [-0.25, -0.2) is 4.98 Å². The van der Waals surface area contributed by atoms with E-state index in [9.17, 15) is 10.1 Å². The van der Waals surface area contributed by atoms with Crippen molar-refractivity contribution < 1.29 is 14.3 Å². The maximum absolute atomic E-state index is 11.8. The van der Waals surface area contributed by atoms with E-state index < -0.39 is 0 Å². The average molecular weight is 347 g/mol. The Morgan fingerprint density at radius 2 is 1.96 bits per heavy atom. The molecule has 0 saturated carbocycles. The first-order chi connectivity index (χ1) is 12.7. The number of ether oxygens (including phenoxy) is 2. The highest BCUT2D eigenvalue weighted by Gasteiger charge is 2.16. The lowest BCUT2D eigenvalue weighted by atomic mass is 9.99. The number of anilines is 1. The lowest BCUT2D eigenvalue weighted by Gasteiger charge is -2.13. The molecule has 0 atom stereocenters. The van der Waals surface area contributed by atoms with Crippen LogP contribution in [0.3, 0.4) is 0 Å². The molecule has 0 unspecified atom stereocenters. The van der Waals surface area contributed by atoms with Crippen molar-refractivity contribution >= 4 is 22.6 Å². The molecule has 0 bridgehead atoms. The van der Waals surface area contributed by atoms with Crippen LogP contribution in [-0.2, 0) is 9.53 Å². The van der Waals surface area contributed by atoms with Gasteiger partial charge in [0.25, 0.3) is 5.91 Å². The molecule has 1 amide bonds. The molecule has 6 nitrogen and oxygen atoms in total. The van der Waals surface area contributed by atoms with Crippen molar-refractivity contribution in [3.63, 3.8) is 0 Å². The topological polar surface area (TPSA) is 84.2 Å². The lowest BCUT2D eigenvalue weighted by Crippen LogP contribution is -2.18. The molecule has 1 aromatic heterocycles. The van der Waals surface area contributed by atoms with Crippen LogP contribution in [0.1, 0.15) is 5.56 Å². The molecular weight excluding hydrogens is 330 g/mol. The number of rotatable bonds is 5. The van der Waals surface area contributed by atoms with Crippen molar-refractivity contribution in [3.8, 4) is 22.9 Å². The highest BCUT2D eigenvalue weighted by atomic mass is 16.5. The van der Waals surface area contributed by atoms with E-state index in [0.29, 0.717) is 11.3 Å². The lowest BCUT2D eigenvalue weighted by molar-refractivity contribution is -0.119. The highest BCUT2D eigenvalue weighted by molar-refractivity contribution is 6.01. The molecule has 2 aromatic carbocycles. The standard InChI is InChI=1S/C20H17N3O3/c1-25-12-18(24)22-20-14(11-21)10-16-15(13-6-4-3-5-7-13)8-9-17(26-2)19(16)23-20/h3-10H,12H2,1-2H3,(H,22,23,24). The maximum atomic E-state index is 11.8. The molecule has 0 aliphatic rings. The van der Waals surface area contributed by atoms with Gasteiger partial charge >= 0.3 is 0 Å². The molecule has 0 fully saturated rings. The first-order valence-electron chi connectivity index (χ1n) is 7.94. The number of methoxy groups -OCH3 is 2. The number of carbonyl (C=O) groups excluding carboxylic acids is 1. The van der Waals surface area contributed by atoms with E-state index in [4.69, 9.17) is 9.47 Å². The number of nitriles is 1. The average Bonchev–Trinajstić information content (AvgIpc) is 2.67. The fourth-order valence-corrected chi connectivity index (χ4v) is 2.75. The number of hydrogen-bond donors (Lipinski definition) is 1. The normalized spacial score (nSPS) is 10.3. The van der Waals surface area contributed by atoms with Gasteiger partial charge in [-0.3, -0.25) is 4.79 Å². The van der Waals surface area contributed by atoms with E-state index >= 15 is 0 Å². The summed E-state index contributed by atoms with van der Waals surface area (Å²) >= 11 is 0. The Balaban J connectivity index is 2.22. The van der Waals surface area contributed by atoms with E-state index in [1.54, 1.807) is 13.2 Å². The summed E-state index contributed by atoms with van der Waals surface area (Å²) in [6.45, 7) is -0.119. The van der Waals surface area contributed by atoms with Gasteiger partial charge in [-0.2, -0.15) is 5.26 Å². The molecule has 0 saturated heterocycles. The Bertz CT molecular complexity index is 995. The second kappa shape index (κ2) is 7.64. The summed E-state index contributed by atoms with van der Waals surface area (Å²) in [5.41, 5.74) is 2.77. The minimum Gasteiger partial charge on any atom is -0.494 e. The molecule has 1 heterocycles. The summed E-state index contributed by atoms with van der Waals surface area (Å²) in [5, 5.41) is 12.9. The van der Waals surface area contributed by atoms with Crippen molar-refractivity contribution in [2.75, 3.05) is 26.1 Å². The van der Waals surface area contributed by atoms with Crippen molar-refractivity contribution in [1.29, 1.82) is 5.26 Å². The SMILES string of the molecule is COCC(=O)Nc1nc2c(OC)ccc(-c3ccccc3)c2cc1C#N. The Morgan fingerprint density at radius 1 is 1.19 bits per heavy atom. The first kappa shape index (κ1) is 17.4. The molecule has 130 valence electrons. The molecule has 0 radical (unpaired) electrons. The van der Waals surface area contributed by atoms with Gasteiger partial charge in [0.2, 0.25) is 0 Å². The van der Waals surface area contributed by atoms with Crippen molar-refractivity contribution in [2.24, 2.45) is 0 Å². The second-order valence-corrected chi connectivity index (χ2v) is 5.56. The number of hydrogen-bond acceptors (Lipinski definition) is 5. The molecule has 3 rings (SSSR count). The summed E-state index contributed by atoms with van der Waals surface area (Å²) in [6.07, 6.45) is 0. The van der Waals surface area contributed by atoms with E-state index in [1.807, 2.05) is 42.5 Å². The fraction of sp³-hybridized carbons (Fsp3) is 0.150. The van der Waals surface area contributed by atoms with Gasteiger partial charge in [0.05, 0.1) is 12.7 Å². The summed E-state index contributed by atoms with van der Waals surface area (Å²) in [6, 6.07) is 17.4. The van der Waals surface area contributed by atoms with Crippen molar-refractivity contribution in [2.45, 2.75) is 0 Å². The van der Waals surface area contributed by atoms with Crippen LogP contribution in [0.15, 0.2) is 48.5 Å². The Labute approximate surface area is 151 Å². The number of benzene rings is 2. The molecule has 0 spiro atoms. The number of nitrogens with one attached hydrogen (secondary N) is 1. The van der Waals surface area contributed by atoms with Crippen LogP contribution in [0.25, 0.3) is 22.0 Å². The minimum atomic E-state index is -0.381. The third-order valence-corrected chi connectivity index (χ3v) is 3.91. The zero-order valence-corrected chi connectivity index (χ0v) is 14.4. The minimum absolute atomic E-state index is 0.119. The Kier molecular flexibility index (Phi) is 5.11. The number of carbonyl (C=O) groups is 1. The highest BCUT2D eigenvalue weighted by Crippen LogP contribution is 2.35. The van der Waals surface area contributed by atoms with E-state index in [2.05, 4.69) is 16.4 Å². The summed E-state index contributed by atoms with van der Waals surface area (Å²) in [5.74, 6) is 0.367. The zero-order valence-electron chi connectivity index (χ0n) is 14.4. The van der Waals surface area contributed by atoms with Crippen molar-refractivity contribution in [1.82, 2.24) is 4.98 Å². The van der Waals surface area contributed by atoms with Crippen molar-refractivity contribution in [3.05, 3.63) is 54.1 Å². The van der Waals surface area contributed by atoms with Gasteiger partial charge in [-0.05, 0) is 29.3 Å². The zero-order chi connectivity index (χ0) is 18.5. The van der Waals surface area contributed by atoms with E-state index in [1.165, 1.54) is 7.11 Å². The molecule has 3 aromatic rings.